The van der Waals surface area contributed by atoms with E-state index in [1.54, 1.807) is 19.5 Å². The van der Waals surface area contributed by atoms with Gasteiger partial charge in [-0.05, 0) is 95.2 Å². The standard InChI is InChI=1S/C44H34N5OP/c1-44(2)38-22-28(27-45)13-19-36(38)37-20-16-31(26-39(37)44)32-23-33(40-12-8-9-21-46-40)25-34(24-32)43-48-41(29-10-6-5-7-11-29)47-42(49-43)30-14-17-35(18-15-30)51(3,4)50/h5-26H,1-4H3. The van der Waals surface area contributed by atoms with Crippen LogP contribution in [0.3, 0.4) is 0 Å². The van der Waals surface area contributed by atoms with E-state index in [2.05, 4.69) is 62.4 Å². The predicted molar refractivity (Wildman–Crippen MR) is 206 cm³/mol. The molecule has 0 bridgehead atoms. The van der Waals surface area contributed by atoms with E-state index in [0.717, 1.165) is 49.9 Å². The zero-order valence-electron chi connectivity index (χ0n) is 28.8. The first-order chi connectivity index (χ1) is 24.6. The molecule has 2 aromatic heterocycles. The lowest BCUT2D eigenvalue weighted by Gasteiger charge is -2.22. The van der Waals surface area contributed by atoms with Crippen LogP contribution in [0.1, 0.15) is 30.5 Å². The monoisotopic (exact) mass is 679 g/mol. The maximum absolute atomic E-state index is 12.8. The molecule has 0 aliphatic heterocycles. The summed E-state index contributed by atoms with van der Waals surface area (Å²) in [6.45, 7) is 7.99. The predicted octanol–water partition coefficient (Wildman–Crippen LogP) is 10.0. The van der Waals surface area contributed by atoms with E-state index in [9.17, 15) is 9.83 Å². The summed E-state index contributed by atoms with van der Waals surface area (Å²) in [5.74, 6) is 1.64. The van der Waals surface area contributed by atoms with Gasteiger partial charge >= 0.3 is 0 Å². The normalized spacial score (nSPS) is 12.9. The molecule has 0 radical (unpaired) electrons. The summed E-state index contributed by atoms with van der Waals surface area (Å²) >= 11 is 0. The maximum atomic E-state index is 12.8. The molecular weight excluding hydrogens is 645 g/mol. The van der Waals surface area contributed by atoms with Crippen molar-refractivity contribution in [2.24, 2.45) is 0 Å². The van der Waals surface area contributed by atoms with Crippen LogP contribution in [-0.4, -0.2) is 33.3 Å². The Bertz CT molecular complexity index is 2550. The van der Waals surface area contributed by atoms with E-state index >= 15 is 0 Å². The minimum absolute atomic E-state index is 0.276. The van der Waals surface area contributed by atoms with Gasteiger partial charge in [0.1, 0.15) is 7.14 Å². The van der Waals surface area contributed by atoms with Crippen molar-refractivity contribution in [2.75, 3.05) is 13.3 Å². The van der Waals surface area contributed by atoms with Crippen molar-refractivity contribution in [3.05, 3.63) is 150 Å². The molecule has 51 heavy (non-hydrogen) atoms. The fourth-order valence-electron chi connectivity index (χ4n) is 6.91. The number of nitriles is 1. The molecule has 0 fully saturated rings. The molecule has 2 heterocycles. The van der Waals surface area contributed by atoms with Crippen LogP contribution in [0.4, 0.5) is 0 Å². The van der Waals surface area contributed by atoms with Crippen LogP contribution in [0, 0.1) is 11.3 Å². The summed E-state index contributed by atoms with van der Waals surface area (Å²) < 4.78 is 12.8. The third-order valence-electron chi connectivity index (χ3n) is 9.71. The highest BCUT2D eigenvalue weighted by Crippen LogP contribution is 2.50. The van der Waals surface area contributed by atoms with Crippen molar-refractivity contribution in [1.82, 2.24) is 19.9 Å². The molecule has 7 aromatic rings. The Morgan fingerprint density at radius 3 is 1.78 bits per heavy atom. The van der Waals surface area contributed by atoms with Gasteiger partial charge in [-0.15, -0.1) is 0 Å². The van der Waals surface area contributed by atoms with E-state index in [0.29, 0.717) is 23.0 Å². The molecule has 6 nitrogen and oxygen atoms in total. The highest BCUT2D eigenvalue weighted by atomic mass is 31.2. The van der Waals surface area contributed by atoms with Gasteiger partial charge in [0.05, 0.1) is 17.3 Å². The van der Waals surface area contributed by atoms with Gasteiger partial charge in [-0.3, -0.25) is 4.98 Å². The van der Waals surface area contributed by atoms with Crippen LogP contribution in [0.15, 0.2) is 134 Å². The Labute approximate surface area is 298 Å². The van der Waals surface area contributed by atoms with Gasteiger partial charge < -0.3 is 4.57 Å². The third kappa shape index (κ3) is 5.97. The molecular formula is C44H34N5OP. The average molecular weight is 680 g/mol. The lowest BCUT2D eigenvalue weighted by molar-refractivity contribution is 0.588. The first-order valence-corrected chi connectivity index (χ1v) is 19.4. The fourth-order valence-corrected chi connectivity index (χ4v) is 7.78. The molecule has 0 atom stereocenters. The van der Waals surface area contributed by atoms with Crippen molar-refractivity contribution in [3.8, 4) is 73.7 Å². The molecule has 5 aromatic carbocycles. The SMILES string of the molecule is CC1(C)c2cc(C#N)ccc2-c2ccc(-c3cc(-c4ccccn4)cc(-c4nc(-c5ccccc5)nc(-c5ccc(P(C)(C)=O)cc5)n4)c3)cc21. The summed E-state index contributed by atoms with van der Waals surface area (Å²) in [5, 5.41) is 10.4. The van der Waals surface area contributed by atoms with E-state index in [1.165, 1.54) is 16.7 Å². The van der Waals surface area contributed by atoms with Crippen LogP contribution in [0.25, 0.3) is 67.7 Å². The zero-order valence-corrected chi connectivity index (χ0v) is 29.7. The lowest BCUT2D eigenvalue weighted by atomic mass is 9.81. The number of nitrogens with zero attached hydrogens (tertiary/aromatic N) is 5. The van der Waals surface area contributed by atoms with E-state index in [1.807, 2.05) is 84.9 Å². The topological polar surface area (TPSA) is 92.4 Å². The first kappa shape index (κ1) is 32.2. The van der Waals surface area contributed by atoms with Gasteiger partial charge in [-0.2, -0.15) is 5.26 Å². The summed E-state index contributed by atoms with van der Waals surface area (Å²) in [5.41, 5.74) is 11.5. The van der Waals surface area contributed by atoms with Gasteiger partial charge in [0.2, 0.25) is 0 Å². The van der Waals surface area contributed by atoms with Gasteiger partial charge in [-0.1, -0.05) is 92.7 Å². The molecule has 0 saturated heterocycles. The molecule has 0 amide bonds. The first-order valence-electron chi connectivity index (χ1n) is 16.8. The summed E-state index contributed by atoms with van der Waals surface area (Å²) in [6.07, 6.45) is 1.80. The number of benzene rings is 5. The summed E-state index contributed by atoms with van der Waals surface area (Å²) in [4.78, 5) is 19.7. The van der Waals surface area contributed by atoms with Gasteiger partial charge in [-0.25, -0.2) is 15.0 Å². The number of aromatic nitrogens is 4. The highest BCUT2D eigenvalue weighted by molar-refractivity contribution is 7.70. The molecule has 0 saturated carbocycles. The van der Waals surface area contributed by atoms with E-state index in [-0.39, 0.29) is 5.41 Å². The van der Waals surface area contributed by atoms with E-state index < -0.39 is 7.14 Å². The lowest BCUT2D eigenvalue weighted by Crippen LogP contribution is -2.15. The molecule has 246 valence electrons. The Morgan fingerprint density at radius 2 is 1.14 bits per heavy atom. The Kier molecular flexibility index (Phi) is 7.82. The van der Waals surface area contributed by atoms with Crippen LogP contribution in [0.5, 0.6) is 0 Å². The number of rotatable bonds is 6. The van der Waals surface area contributed by atoms with Crippen LogP contribution in [-0.2, 0) is 9.98 Å². The van der Waals surface area contributed by atoms with E-state index in [4.69, 9.17) is 19.9 Å². The smallest absolute Gasteiger partial charge is 0.164 e. The summed E-state index contributed by atoms with van der Waals surface area (Å²) in [6, 6.07) is 44.8. The van der Waals surface area contributed by atoms with Crippen molar-refractivity contribution < 1.29 is 4.57 Å². The molecule has 1 aliphatic carbocycles. The second kappa shape index (κ2) is 12.4. The Hall–Kier alpha value is -6.02. The number of fused-ring (bicyclic) bond motifs is 3. The molecule has 0 spiro atoms. The van der Waals surface area contributed by atoms with Crippen LogP contribution < -0.4 is 5.30 Å². The minimum atomic E-state index is -2.42. The molecule has 8 rings (SSSR count). The number of pyridine rings is 1. The summed E-state index contributed by atoms with van der Waals surface area (Å²) in [7, 11) is -2.42. The van der Waals surface area contributed by atoms with Gasteiger partial charge in [0, 0.05) is 39.2 Å². The quantitative estimate of drug-likeness (QED) is 0.163. The van der Waals surface area contributed by atoms with Crippen molar-refractivity contribution in [3.63, 3.8) is 0 Å². The second-order valence-corrected chi connectivity index (χ2v) is 17.1. The second-order valence-electron chi connectivity index (χ2n) is 13.8. The van der Waals surface area contributed by atoms with Crippen LogP contribution >= 0.6 is 7.14 Å². The Balaban J connectivity index is 1.31. The molecule has 7 heteroatoms. The molecule has 0 N–H and O–H groups in total. The zero-order chi connectivity index (χ0) is 35.3. The van der Waals surface area contributed by atoms with Gasteiger partial charge in [0.25, 0.3) is 0 Å². The van der Waals surface area contributed by atoms with Gasteiger partial charge in [0.15, 0.2) is 17.5 Å². The average Bonchev–Trinajstić information content (AvgIpc) is 3.39. The third-order valence-corrected chi connectivity index (χ3v) is 11.2. The Morgan fingerprint density at radius 1 is 0.569 bits per heavy atom. The van der Waals surface area contributed by atoms with Crippen molar-refractivity contribution in [1.29, 1.82) is 5.26 Å². The number of hydrogen-bond acceptors (Lipinski definition) is 6. The maximum Gasteiger partial charge on any atom is 0.164 e. The van der Waals surface area contributed by atoms with Crippen LogP contribution in [0.2, 0.25) is 0 Å². The fraction of sp³-hybridized carbons (Fsp3) is 0.114. The molecule has 0 unspecified atom stereocenters. The minimum Gasteiger partial charge on any atom is -0.319 e. The van der Waals surface area contributed by atoms with Crippen molar-refractivity contribution in [2.45, 2.75) is 19.3 Å². The number of hydrogen-bond donors (Lipinski definition) is 0. The molecule has 1 aliphatic rings. The highest BCUT2D eigenvalue weighted by Gasteiger charge is 2.36. The van der Waals surface area contributed by atoms with Crippen molar-refractivity contribution >= 4 is 12.4 Å². The largest absolute Gasteiger partial charge is 0.319 e.